The van der Waals surface area contributed by atoms with Crippen LogP contribution in [0, 0.1) is 0 Å². The van der Waals surface area contributed by atoms with Gasteiger partial charge in [0, 0.05) is 12.4 Å². The summed E-state index contributed by atoms with van der Waals surface area (Å²) in [6.45, 7) is -1.64. The molecule has 1 aromatic carbocycles. The zero-order valence-corrected chi connectivity index (χ0v) is 12.5. The number of nitrogens with two attached hydrogens (primary N) is 1. The Labute approximate surface area is 136 Å². The van der Waals surface area contributed by atoms with Crippen molar-refractivity contribution in [2.24, 2.45) is 5.73 Å². The third-order valence-electron chi connectivity index (χ3n) is 2.95. The Balaban J connectivity index is 1.88. The van der Waals surface area contributed by atoms with Crippen LogP contribution in [0.3, 0.4) is 0 Å². The van der Waals surface area contributed by atoms with Crippen LogP contribution in [0.1, 0.15) is 5.56 Å². The van der Waals surface area contributed by atoms with Crippen molar-refractivity contribution >= 4 is 5.97 Å². The molecule has 0 amide bonds. The van der Waals surface area contributed by atoms with Crippen molar-refractivity contribution < 1.29 is 27.4 Å². The number of nitrogens with zero attached hydrogens (tertiary/aromatic N) is 1. The monoisotopic (exact) mass is 340 g/mol. The summed E-state index contributed by atoms with van der Waals surface area (Å²) in [5, 5.41) is 0. The largest absolute Gasteiger partial charge is 0.457 e. The van der Waals surface area contributed by atoms with Crippen LogP contribution in [0.2, 0.25) is 0 Å². The Morgan fingerprint density at radius 2 is 1.67 bits per heavy atom. The van der Waals surface area contributed by atoms with E-state index in [1.165, 1.54) is 0 Å². The van der Waals surface area contributed by atoms with Crippen LogP contribution < -0.4 is 10.5 Å². The number of benzene rings is 1. The first kappa shape index (κ1) is 17.7. The molecular formula is C16H15F3N2O3. The maximum atomic E-state index is 12.0. The van der Waals surface area contributed by atoms with Crippen molar-refractivity contribution in [3.8, 4) is 11.5 Å². The maximum absolute atomic E-state index is 12.0. The van der Waals surface area contributed by atoms with E-state index in [1.807, 2.05) is 0 Å². The zero-order chi connectivity index (χ0) is 17.6. The molecule has 0 radical (unpaired) electrons. The number of pyridine rings is 1. The number of hydrogen-bond donors (Lipinski definition) is 1. The normalized spacial score (nSPS) is 12.5. The van der Waals surface area contributed by atoms with E-state index in [-0.39, 0.29) is 6.42 Å². The van der Waals surface area contributed by atoms with Gasteiger partial charge < -0.3 is 15.2 Å². The highest BCUT2D eigenvalue weighted by atomic mass is 19.4. The molecule has 128 valence electrons. The van der Waals surface area contributed by atoms with Crippen LogP contribution in [0.15, 0.2) is 48.8 Å². The van der Waals surface area contributed by atoms with Gasteiger partial charge in [0.15, 0.2) is 6.61 Å². The fourth-order valence-corrected chi connectivity index (χ4v) is 1.83. The molecule has 0 aliphatic carbocycles. The van der Waals surface area contributed by atoms with Gasteiger partial charge in [-0.25, -0.2) is 0 Å². The number of aromatic nitrogens is 1. The van der Waals surface area contributed by atoms with Gasteiger partial charge in [0.25, 0.3) is 0 Å². The van der Waals surface area contributed by atoms with Crippen molar-refractivity contribution in [1.82, 2.24) is 4.98 Å². The maximum Gasteiger partial charge on any atom is 0.422 e. The Morgan fingerprint density at radius 1 is 1.08 bits per heavy atom. The average molecular weight is 340 g/mol. The number of hydrogen-bond acceptors (Lipinski definition) is 5. The van der Waals surface area contributed by atoms with Crippen molar-refractivity contribution in [3.63, 3.8) is 0 Å². The van der Waals surface area contributed by atoms with E-state index in [0.717, 1.165) is 0 Å². The third kappa shape index (κ3) is 5.88. The molecule has 0 aliphatic heterocycles. The van der Waals surface area contributed by atoms with E-state index in [0.29, 0.717) is 17.1 Å². The second-order valence-corrected chi connectivity index (χ2v) is 4.96. The fourth-order valence-electron chi connectivity index (χ4n) is 1.83. The fraction of sp³-hybridized carbons (Fsp3) is 0.250. The Morgan fingerprint density at radius 3 is 2.25 bits per heavy atom. The summed E-state index contributed by atoms with van der Waals surface area (Å²) >= 11 is 0. The highest BCUT2D eigenvalue weighted by Gasteiger charge is 2.30. The van der Waals surface area contributed by atoms with Gasteiger partial charge in [-0.05, 0) is 36.2 Å². The highest BCUT2D eigenvalue weighted by molar-refractivity contribution is 5.75. The van der Waals surface area contributed by atoms with Gasteiger partial charge in [0.2, 0.25) is 0 Å². The van der Waals surface area contributed by atoms with E-state index in [4.69, 9.17) is 10.5 Å². The zero-order valence-electron chi connectivity index (χ0n) is 12.5. The molecule has 5 nitrogen and oxygen atoms in total. The number of carbonyl (C=O) groups is 1. The third-order valence-corrected chi connectivity index (χ3v) is 2.95. The van der Waals surface area contributed by atoms with Crippen molar-refractivity contribution in [3.05, 3.63) is 54.4 Å². The SMILES string of the molecule is N[C@@H](Cc1ccc(Oc2ccncc2)cc1)C(=O)OCC(F)(F)F. The number of ether oxygens (including phenoxy) is 2. The number of carbonyl (C=O) groups excluding carboxylic acids is 1. The topological polar surface area (TPSA) is 74.4 Å². The quantitative estimate of drug-likeness (QED) is 0.819. The molecule has 0 fully saturated rings. The van der Waals surface area contributed by atoms with Crippen LogP contribution >= 0.6 is 0 Å². The molecule has 1 atom stereocenters. The van der Waals surface area contributed by atoms with Crippen molar-refractivity contribution in [2.45, 2.75) is 18.6 Å². The van der Waals surface area contributed by atoms with E-state index in [2.05, 4.69) is 9.72 Å². The molecule has 2 rings (SSSR count). The molecule has 2 N–H and O–H groups in total. The minimum Gasteiger partial charge on any atom is -0.457 e. The van der Waals surface area contributed by atoms with Gasteiger partial charge in [0.1, 0.15) is 17.5 Å². The molecule has 8 heteroatoms. The van der Waals surface area contributed by atoms with E-state index in [9.17, 15) is 18.0 Å². The Hall–Kier alpha value is -2.61. The molecule has 0 spiro atoms. The molecule has 0 unspecified atom stereocenters. The summed E-state index contributed by atoms with van der Waals surface area (Å²) < 4.78 is 45.7. The van der Waals surface area contributed by atoms with Gasteiger partial charge in [-0.2, -0.15) is 13.2 Å². The van der Waals surface area contributed by atoms with Gasteiger partial charge in [-0.1, -0.05) is 12.1 Å². The van der Waals surface area contributed by atoms with E-state index >= 15 is 0 Å². The molecule has 0 saturated carbocycles. The minimum atomic E-state index is -4.57. The number of halogens is 3. The summed E-state index contributed by atoms with van der Waals surface area (Å²) in [5.74, 6) is 0.0905. The van der Waals surface area contributed by atoms with Gasteiger partial charge in [-0.15, -0.1) is 0 Å². The Kier molecular flexibility index (Phi) is 5.75. The number of alkyl halides is 3. The summed E-state index contributed by atoms with van der Waals surface area (Å²) in [6.07, 6.45) is -1.32. The minimum absolute atomic E-state index is 0.0617. The van der Waals surface area contributed by atoms with Crippen molar-refractivity contribution in [1.29, 1.82) is 0 Å². The van der Waals surface area contributed by atoms with Crippen LogP contribution in [0.4, 0.5) is 13.2 Å². The standard InChI is InChI=1S/C16H15F3N2O3/c17-16(18,19)10-23-15(22)14(20)9-11-1-3-12(4-2-11)24-13-5-7-21-8-6-13/h1-8,14H,9-10,20H2/t14-/m0/s1. The van der Waals surface area contributed by atoms with Crippen LogP contribution in [-0.2, 0) is 16.0 Å². The average Bonchev–Trinajstić information content (AvgIpc) is 2.54. The smallest absolute Gasteiger partial charge is 0.422 e. The predicted molar refractivity (Wildman–Crippen MR) is 79.4 cm³/mol. The summed E-state index contributed by atoms with van der Waals surface area (Å²) in [5.41, 5.74) is 6.23. The lowest BCUT2D eigenvalue weighted by molar-refractivity contribution is -0.187. The molecule has 0 aliphatic rings. The van der Waals surface area contributed by atoms with Gasteiger partial charge >= 0.3 is 12.1 Å². The Bertz CT molecular complexity index is 661. The second-order valence-electron chi connectivity index (χ2n) is 4.96. The predicted octanol–water partition coefficient (Wildman–Crippen LogP) is 2.85. The van der Waals surface area contributed by atoms with E-state index < -0.39 is 24.8 Å². The van der Waals surface area contributed by atoms with Crippen LogP contribution in [0.5, 0.6) is 11.5 Å². The molecule has 1 aromatic heterocycles. The highest BCUT2D eigenvalue weighted by Crippen LogP contribution is 2.21. The van der Waals surface area contributed by atoms with Crippen LogP contribution in [-0.4, -0.2) is 29.8 Å². The lowest BCUT2D eigenvalue weighted by Gasteiger charge is -2.13. The number of rotatable bonds is 6. The first-order chi connectivity index (χ1) is 11.3. The summed E-state index contributed by atoms with van der Waals surface area (Å²) in [4.78, 5) is 15.3. The molecule has 1 heterocycles. The lowest BCUT2D eigenvalue weighted by Crippen LogP contribution is -2.36. The second kappa shape index (κ2) is 7.78. The first-order valence-corrected chi connectivity index (χ1v) is 6.99. The van der Waals surface area contributed by atoms with Gasteiger partial charge in [0.05, 0.1) is 0 Å². The lowest BCUT2D eigenvalue weighted by atomic mass is 10.1. The summed E-state index contributed by atoms with van der Waals surface area (Å²) in [6, 6.07) is 8.91. The molecule has 0 bridgehead atoms. The van der Waals surface area contributed by atoms with Gasteiger partial charge in [-0.3, -0.25) is 9.78 Å². The molecular weight excluding hydrogens is 325 g/mol. The van der Waals surface area contributed by atoms with Crippen molar-refractivity contribution in [2.75, 3.05) is 6.61 Å². The molecule has 24 heavy (non-hydrogen) atoms. The summed E-state index contributed by atoms with van der Waals surface area (Å²) in [7, 11) is 0. The molecule has 2 aromatic rings. The number of esters is 1. The van der Waals surface area contributed by atoms with Crippen LogP contribution in [0.25, 0.3) is 0 Å². The first-order valence-electron chi connectivity index (χ1n) is 6.99. The molecule has 0 saturated heterocycles. The van der Waals surface area contributed by atoms with E-state index in [1.54, 1.807) is 48.8 Å².